The number of benzene rings is 3. The number of nitrogens with zero attached hydrogens (tertiary/aromatic N) is 1. The Hall–Kier alpha value is -4.24. The predicted octanol–water partition coefficient (Wildman–Crippen LogP) is 6.32. The molecule has 3 amide bonds. The highest BCUT2D eigenvalue weighted by atomic mass is 32.2. The smallest absolute Gasteiger partial charge is 0.278 e. The van der Waals surface area contributed by atoms with Crippen LogP contribution in [0.15, 0.2) is 88.3 Å². The molecule has 0 bridgehead atoms. The van der Waals surface area contributed by atoms with Crippen LogP contribution in [0.2, 0.25) is 0 Å². The van der Waals surface area contributed by atoms with Gasteiger partial charge >= 0.3 is 0 Å². The van der Waals surface area contributed by atoms with Gasteiger partial charge in [0.05, 0.1) is 13.7 Å². The monoisotopic (exact) mass is 559 g/mol. The molecule has 0 fully saturated rings. The highest BCUT2D eigenvalue weighted by Crippen LogP contribution is 2.37. The summed E-state index contributed by atoms with van der Waals surface area (Å²) in [7, 11) is 1.58. The SMILES string of the molecule is CCCCOc1ccc(C(=O)Nc2ccc(SC3=C(Nc4ccc(OC)cc4)C(=O)N(C(C)C)C3=O)cc2)cc1. The van der Waals surface area contributed by atoms with Gasteiger partial charge in [0, 0.05) is 27.9 Å². The molecule has 1 aliphatic heterocycles. The summed E-state index contributed by atoms with van der Waals surface area (Å²) in [6.07, 6.45) is 2.04. The quantitative estimate of drug-likeness (QED) is 0.198. The molecule has 1 heterocycles. The molecule has 0 atom stereocenters. The van der Waals surface area contributed by atoms with Gasteiger partial charge < -0.3 is 20.1 Å². The van der Waals surface area contributed by atoms with Gasteiger partial charge in [0.2, 0.25) is 0 Å². The molecule has 0 spiro atoms. The van der Waals surface area contributed by atoms with Crippen LogP contribution in [0.5, 0.6) is 11.5 Å². The van der Waals surface area contributed by atoms with Gasteiger partial charge in [0.1, 0.15) is 22.1 Å². The number of nitrogens with one attached hydrogen (secondary N) is 2. The minimum absolute atomic E-state index is 0.230. The average molecular weight is 560 g/mol. The Morgan fingerprint density at radius 1 is 0.875 bits per heavy atom. The zero-order valence-electron chi connectivity index (χ0n) is 23.0. The van der Waals surface area contributed by atoms with E-state index in [1.165, 1.54) is 16.7 Å². The molecule has 0 radical (unpaired) electrons. The minimum atomic E-state index is -0.371. The fourth-order valence-corrected chi connectivity index (χ4v) is 4.92. The summed E-state index contributed by atoms with van der Waals surface area (Å²) in [5, 5.41) is 6.01. The molecule has 4 rings (SSSR count). The van der Waals surface area contributed by atoms with Crippen molar-refractivity contribution in [1.29, 1.82) is 0 Å². The second-order valence-corrected chi connectivity index (χ2v) is 10.5. The number of methoxy groups -OCH3 is 1. The molecule has 1 aliphatic rings. The minimum Gasteiger partial charge on any atom is -0.497 e. The fraction of sp³-hybridized carbons (Fsp3) is 0.258. The number of carbonyl (C=O) groups excluding carboxylic acids is 3. The van der Waals surface area contributed by atoms with E-state index in [1.54, 1.807) is 93.8 Å². The second kappa shape index (κ2) is 13.2. The molecule has 2 N–H and O–H groups in total. The van der Waals surface area contributed by atoms with E-state index in [0.29, 0.717) is 34.2 Å². The van der Waals surface area contributed by atoms with Crippen LogP contribution < -0.4 is 20.1 Å². The highest BCUT2D eigenvalue weighted by Gasteiger charge is 2.40. The van der Waals surface area contributed by atoms with Crippen LogP contribution in [-0.4, -0.2) is 42.4 Å². The fourth-order valence-electron chi connectivity index (χ4n) is 3.98. The van der Waals surface area contributed by atoms with E-state index in [0.717, 1.165) is 23.5 Å². The van der Waals surface area contributed by atoms with E-state index >= 15 is 0 Å². The molecule has 0 saturated carbocycles. The number of rotatable bonds is 12. The molecular formula is C31H33N3O5S. The lowest BCUT2D eigenvalue weighted by Crippen LogP contribution is -2.38. The molecule has 8 nitrogen and oxygen atoms in total. The Labute approximate surface area is 238 Å². The van der Waals surface area contributed by atoms with Gasteiger partial charge in [-0.15, -0.1) is 0 Å². The van der Waals surface area contributed by atoms with Gasteiger partial charge in [-0.25, -0.2) is 0 Å². The zero-order valence-corrected chi connectivity index (χ0v) is 23.8. The Balaban J connectivity index is 1.46. The third-order valence-corrected chi connectivity index (χ3v) is 7.25. The summed E-state index contributed by atoms with van der Waals surface area (Å²) in [6.45, 7) is 6.36. The first-order chi connectivity index (χ1) is 19.3. The molecule has 3 aromatic carbocycles. The first-order valence-electron chi connectivity index (χ1n) is 13.2. The molecule has 3 aromatic rings. The predicted molar refractivity (Wildman–Crippen MR) is 158 cm³/mol. The number of thioether (sulfide) groups is 1. The number of carbonyl (C=O) groups is 3. The van der Waals surface area contributed by atoms with Crippen molar-refractivity contribution in [3.8, 4) is 11.5 Å². The molecule has 0 unspecified atom stereocenters. The largest absolute Gasteiger partial charge is 0.497 e. The lowest BCUT2D eigenvalue weighted by atomic mass is 10.2. The standard InChI is InChI=1S/C31H33N3O5S/c1-5-6-19-39-25-13-7-21(8-14-25)29(35)33-23-11-17-26(18-12-23)40-28-27(30(36)34(20(2)3)31(28)37)32-22-9-15-24(38-4)16-10-22/h7-18,20,32H,5-6,19H2,1-4H3,(H,33,35). The first kappa shape index (κ1) is 28.8. The van der Waals surface area contributed by atoms with Crippen molar-refractivity contribution in [2.24, 2.45) is 0 Å². The van der Waals surface area contributed by atoms with Crippen LogP contribution >= 0.6 is 11.8 Å². The van der Waals surface area contributed by atoms with Crippen LogP contribution in [0, 0.1) is 0 Å². The van der Waals surface area contributed by atoms with Crippen LogP contribution in [0.3, 0.4) is 0 Å². The second-order valence-electron chi connectivity index (χ2n) is 9.44. The van der Waals surface area contributed by atoms with Crippen molar-refractivity contribution in [2.45, 2.75) is 44.6 Å². The maximum absolute atomic E-state index is 13.2. The van der Waals surface area contributed by atoms with Gasteiger partial charge in [-0.2, -0.15) is 0 Å². The van der Waals surface area contributed by atoms with Crippen molar-refractivity contribution in [1.82, 2.24) is 4.90 Å². The Bertz CT molecular complexity index is 1380. The number of hydrogen-bond acceptors (Lipinski definition) is 7. The average Bonchev–Trinajstić information content (AvgIpc) is 3.18. The summed E-state index contributed by atoms with van der Waals surface area (Å²) >= 11 is 1.21. The molecule has 40 heavy (non-hydrogen) atoms. The maximum Gasteiger partial charge on any atom is 0.278 e. The number of imide groups is 1. The molecule has 0 aromatic heterocycles. The number of amides is 3. The van der Waals surface area contributed by atoms with Crippen LogP contribution in [0.1, 0.15) is 44.0 Å². The van der Waals surface area contributed by atoms with Crippen LogP contribution in [0.25, 0.3) is 0 Å². The lowest BCUT2D eigenvalue weighted by molar-refractivity contribution is -0.139. The summed E-state index contributed by atoms with van der Waals surface area (Å²) in [5.41, 5.74) is 2.03. The normalized spacial score (nSPS) is 13.2. The van der Waals surface area contributed by atoms with Gasteiger partial charge in [0.15, 0.2) is 0 Å². The maximum atomic E-state index is 13.2. The zero-order chi connectivity index (χ0) is 28.6. The highest BCUT2D eigenvalue weighted by molar-refractivity contribution is 8.04. The van der Waals surface area contributed by atoms with E-state index in [4.69, 9.17) is 9.47 Å². The summed E-state index contributed by atoms with van der Waals surface area (Å²) in [5.74, 6) is 0.465. The Morgan fingerprint density at radius 3 is 2.10 bits per heavy atom. The van der Waals surface area contributed by atoms with Gasteiger partial charge in [-0.3, -0.25) is 19.3 Å². The van der Waals surface area contributed by atoms with E-state index in [1.807, 2.05) is 0 Å². The van der Waals surface area contributed by atoms with Crippen LogP contribution in [0.4, 0.5) is 11.4 Å². The molecule has 208 valence electrons. The first-order valence-corrected chi connectivity index (χ1v) is 14.0. The lowest BCUT2D eigenvalue weighted by Gasteiger charge is -2.19. The summed E-state index contributed by atoms with van der Waals surface area (Å²) in [6, 6.07) is 21.0. The van der Waals surface area contributed by atoms with E-state index in [2.05, 4.69) is 17.6 Å². The van der Waals surface area contributed by atoms with Crippen molar-refractivity contribution < 1.29 is 23.9 Å². The molecule has 9 heteroatoms. The van der Waals surface area contributed by atoms with Crippen LogP contribution in [-0.2, 0) is 9.59 Å². The number of hydrogen-bond donors (Lipinski definition) is 2. The Morgan fingerprint density at radius 2 is 1.50 bits per heavy atom. The number of ether oxygens (including phenoxy) is 2. The molecule has 0 saturated heterocycles. The van der Waals surface area contributed by atoms with Gasteiger partial charge in [-0.05, 0) is 93.1 Å². The molecular weight excluding hydrogens is 526 g/mol. The van der Waals surface area contributed by atoms with E-state index in [-0.39, 0.29) is 29.5 Å². The van der Waals surface area contributed by atoms with E-state index in [9.17, 15) is 14.4 Å². The molecule has 0 aliphatic carbocycles. The van der Waals surface area contributed by atoms with Gasteiger partial charge in [-0.1, -0.05) is 25.1 Å². The third kappa shape index (κ3) is 6.84. The van der Waals surface area contributed by atoms with E-state index < -0.39 is 0 Å². The van der Waals surface area contributed by atoms with Crippen molar-refractivity contribution in [3.05, 3.63) is 89.0 Å². The third-order valence-electron chi connectivity index (χ3n) is 6.16. The summed E-state index contributed by atoms with van der Waals surface area (Å²) in [4.78, 5) is 41.4. The summed E-state index contributed by atoms with van der Waals surface area (Å²) < 4.78 is 10.9. The van der Waals surface area contributed by atoms with Crippen molar-refractivity contribution >= 4 is 40.9 Å². The number of anilines is 2. The van der Waals surface area contributed by atoms with Crippen molar-refractivity contribution in [2.75, 3.05) is 24.4 Å². The topological polar surface area (TPSA) is 97.0 Å². The van der Waals surface area contributed by atoms with Crippen molar-refractivity contribution in [3.63, 3.8) is 0 Å². The Kier molecular flexibility index (Phi) is 9.50. The number of unbranched alkanes of at least 4 members (excludes halogenated alkanes) is 1. The van der Waals surface area contributed by atoms with Gasteiger partial charge in [0.25, 0.3) is 17.7 Å².